The molecule has 0 radical (unpaired) electrons. The zero-order valence-electron chi connectivity index (χ0n) is 32.4. The molecule has 0 aliphatic heterocycles. The lowest BCUT2D eigenvalue weighted by atomic mass is 9.66. The van der Waals surface area contributed by atoms with Crippen LogP contribution in [0.15, 0.2) is 205 Å². The molecule has 58 heavy (non-hydrogen) atoms. The smallest absolute Gasteiger partial charge is 0.0731 e. The highest BCUT2D eigenvalue weighted by atomic mass is 15.1. The van der Waals surface area contributed by atoms with Gasteiger partial charge in [0.2, 0.25) is 0 Å². The zero-order chi connectivity index (χ0) is 38.0. The van der Waals surface area contributed by atoms with Gasteiger partial charge in [0.25, 0.3) is 0 Å². The maximum absolute atomic E-state index is 2.56. The third-order valence-corrected chi connectivity index (χ3v) is 14.2. The van der Waals surface area contributed by atoms with Crippen LogP contribution in [0.4, 0.5) is 17.1 Å². The highest BCUT2D eigenvalue weighted by Crippen LogP contribution is 2.72. The molecule has 0 saturated heterocycles. The molecule has 6 aromatic rings. The maximum atomic E-state index is 2.56. The normalized spacial score (nSPS) is 22.1. The molecular weight excluding hydrogens is 699 g/mol. The summed E-state index contributed by atoms with van der Waals surface area (Å²) in [4.78, 5) is 2.56. The molecule has 6 aromatic carbocycles. The molecule has 1 spiro atoms. The van der Waals surface area contributed by atoms with Crippen LogP contribution < -0.4 is 4.90 Å². The largest absolute Gasteiger partial charge is 0.310 e. The van der Waals surface area contributed by atoms with Gasteiger partial charge in [0.15, 0.2) is 0 Å². The van der Waals surface area contributed by atoms with Crippen LogP contribution >= 0.6 is 0 Å². The summed E-state index contributed by atoms with van der Waals surface area (Å²) in [7, 11) is 0. The van der Waals surface area contributed by atoms with Crippen LogP contribution in [0.5, 0.6) is 0 Å². The molecule has 0 heterocycles. The Balaban J connectivity index is 1.10. The summed E-state index contributed by atoms with van der Waals surface area (Å²) in [6.07, 6.45) is 24.6. The van der Waals surface area contributed by atoms with Crippen LogP contribution in [0.1, 0.15) is 76.6 Å². The van der Waals surface area contributed by atoms with E-state index in [4.69, 9.17) is 0 Å². The van der Waals surface area contributed by atoms with Crippen molar-refractivity contribution in [3.8, 4) is 11.1 Å². The summed E-state index contributed by atoms with van der Waals surface area (Å²) in [5, 5.41) is 0. The fraction of sp³-hybridized carbons (Fsp3) is 0.123. The number of anilines is 3. The van der Waals surface area contributed by atoms with Gasteiger partial charge in [-0.3, -0.25) is 0 Å². The maximum Gasteiger partial charge on any atom is 0.0731 e. The van der Waals surface area contributed by atoms with E-state index in [-0.39, 0.29) is 5.41 Å². The highest BCUT2D eigenvalue weighted by molar-refractivity contribution is 6.13. The summed E-state index contributed by atoms with van der Waals surface area (Å²) in [6.45, 7) is 0. The highest BCUT2D eigenvalue weighted by Gasteiger charge is 2.60. The van der Waals surface area contributed by atoms with Gasteiger partial charge >= 0.3 is 0 Å². The Kier molecular flexibility index (Phi) is 6.65. The van der Waals surface area contributed by atoms with Gasteiger partial charge in [0.05, 0.1) is 16.5 Å². The molecule has 0 saturated carbocycles. The van der Waals surface area contributed by atoms with Gasteiger partial charge in [-0.2, -0.15) is 0 Å². The Bertz CT molecular complexity index is 3020. The molecule has 0 fully saturated rings. The van der Waals surface area contributed by atoms with Gasteiger partial charge in [-0.05, 0) is 146 Å². The van der Waals surface area contributed by atoms with E-state index in [2.05, 4.69) is 193 Å². The van der Waals surface area contributed by atoms with Crippen molar-refractivity contribution in [2.24, 2.45) is 0 Å². The van der Waals surface area contributed by atoms with E-state index in [0.29, 0.717) is 0 Å². The number of hydrogen-bond donors (Lipinski definition) is 0. The lowest BCUT2D eigenvalue weighted by molar-refractivity contribution is 0.751. The van der Waals surface area contributed by atoms with Crippen LogP contribution in [-0.2, 0) is 10.8 Å². The second-order valence-electron chi connectivity index (χ2n) is 16.8. The third kappa shape index (κ3) is 3.92. The lowest BCUT2D eigenvalue weighted by Gasteiger charge is -2.36. The third-order valence-electron chi connectivity index (χ3n) is 14.2. The fourth-order valence-corrected chi connectivity index (χ4v) is 12.2. The molecule has 0 N–H and O–H groups in total. The monoisotopic (exact) mass is 739 g/mol. The van der Waals surface area contributed by atoms with E-state index in [1.807, 2.05) is 0 Å². The van der Waals surface area contributed by atoms with Crippen molar-refractivity contribution in [2.45, 2.75) is 42.9 Å². The molecule has 2 atom stereocenters. The Hall–Kier alpha value is -6.70. The summed E-state index contributed by atoms with van der Waals surface area (Å²) < 4.78 is 0. The number of nitrogens with zero attached hydrogens (tertiary/aromatic N) is 1. The lowest BCUT2D eigenvalue weighted by Crippen LogP contribution is -2.29. The summed E-state index contributed by atoms with van der Waals surface area (Å²) in [5.41, 5.74) is 25.5. The standard InChI is InChI=1S/C57H41N/c1-4-18-37(19-5-1)56(38-20-6-2-7-21-38)48-30-14-12-24-41(48)43-35-34-40(36-51(43)56)58(39-22-8-3-9-23-39)52-33-17-32-50-53(52)47-27-11-10-26-45-46-29-16-28-44-42-25-13-15-31-49(42)57(50,54(44)46)55(45)47/h1,3-6,8-12,14-24,27-36H,2,7,13,25-26H2. The molecule has 7 aliphatic carbocycles. The number of fused-ring (bicyclic) bond motifs is 7. The van der Waals surface area contributed by atoms with Crippen molar-refractivity contribution in [1.82, 2.24) is 0 Å². The van der Waals surface area contributed by atoms with Crippen LogP contribution in [0.3, 0.4) is 0 Å². The molecule has 7 aliphatic rings. The molecule has 0 aromatic heterocycles. The number of allylic oxidation sites excluding steroid dienone is 14. The van der Waals surface area contributed by atoms with Crippen molar-refractivity contribution in [1.29, 1.82) is 0 Å². The van der Waals surface area contributed by atoms with Gasteiger partial charge in [-0.25, -0.2) is 0 Å². The van der Waals surface area contributed by atoms with Gasteiger partial charge in [-0.1, -0.05) is 158 Å². The molecule has 2 unspecified atom stereocenters. The van der Waals surface area contributed by atoms with E-state index in [1.54, 1.807) is 5.57 Å². The first kappa shape index (κ1) is 32.4. The SMILES string of the molecule is C1=CCC2=C3C(=C1)c1c(N(c4ccccc4)c4ccc5c(c4)C(C4=CCCC=C4)(c4ccccc4)c4ccccc4-5)cccc1C31C3=C(CCC=C3)c3cccc2c31. The zero-order valence-corrected chi connectivity index (χ0v) is 32.4. The second kappa shape index (κ2) is 11.9. The van der Waals surface area contributed by atoms with E-state index in [9.17, 15) is 0 Å². The van der Waals surface area contributed by atoms with Crippen molar-refractivity contribution in [3.63, 3.8) is 0 Å². The minimum absolute atomic E-state index is 0.291. The molecule has 1 heteroatoms. The predicted molar refractivity (Wildman–Crippen MR) is 241 cm³/mol. The topological polar surface area (TPSA) is 3.24 Å². The van der Waals surface area contributed by atoms with E-state index < -0.39 is 5.41 Å². The molecule has 0 bridgehead atoms. The van der Waals surface area contributed by atoms with Gasteiger partial charge in [0.1, 0.15) is 0 Å². The van der Waals surface area contributed by atoms with Crippen LogP contribution in [0.25, 0.3) is 27.8 Å². The van der Waals surface area contributed by atoms with Crippen molar-refractivity contribution in [2.75, 3.05) is 4.90 Å². The number of para-hydroxylation sites is 1. The van der Waals surface area contributed by atoms with E-state index in [1.165, 1.54) is 94.9 Å². The Morgan fingerprint density at radius 2 is 1.26 bits per heavy atom. The second-order valence-corrected chi connectivity index (χ2v) is 16.8. The Morgan fingerprint density at radius 1 is 0.517 bits per heavy atom. The van der Waals surface area contributed by atoms with Gasteiger partial charge in [0, 0.05) is 16.9 Å². The van der Waals surface area contributed by atoms with Crippen LogP contribution in [0, 0.1) is 0 Å². The average molecular weight is 740 g/mol. The van der Waals surface area contributed by atoms with Crippen molar-refractivity contribution in [3.05, 3.63) is 249 Å². The molecule has 1 nitrogen and oxygen atoms in total. The van der Waals surface area contributed by atoms with Crippen LogP contribution in [0.2, 0.25) is 0 Å². The Labute approximate surface area is 340 Å². The first-order valence-electron chi connectivity index (χ1n) is 21.1. The summed E-state index contributed by atoms with van der Waals surface area (Å²) in [6, 6.07) is 53.1. The van der Waals surface area contributed by atoms with Gasteiger partial charge < -0.3 is 4.90 Å². The number of benzene rings is 6. The summed E-state index contributed by atoms with van der Waals surface area (Å²) in [5.74, 6) is 0. The van der Waals surface area contributed by atoms with Crippen molar-refractivity contribution < 1.29 is 0 Å². The first-order chi connectivity index (χ1) is 28.8. The summed E-state index contributed by atoms with van der Waals surface area (Å²) >= 11 is 0. The minimum atomic E-state index is -0.439. The molecular formula is C57H41N. The first-order valence-corrected chi connectivity index (χ1v) is 21.1. The van der Waals surface area contributed by atoms with E-state index in [0.717, 1.165) is 37.8 Å². The predicted octanol–water partition coefficient (Wildman–Crippen LogP) is 14.3. The minimum Gasteiger partial charge on any atom is -0.310 e. The average Bonchev–Trinajstić information content (AvgIpc) is 3.90. The molecule has 274 valence electrons. The van der Waals surface area contributed by atoms with Crippen LogP contribution in [-0.4, -0.2) is 0 Å². The number of rotatable bonds is 5. The van der Waals surface area contributed by atoms with Crippen molar-refractivity contribution >= 4 is 33.8 Å². The molecule has 13 rings (SSSR count). The van der Waals surface area contributed by atoms with E-state index >= 15 is 0 Å². The fourth-order valence-electron chi connectivity index (χ4n) is 12.2. The Morgan fingerprint density at radius 3 is 2.12 bits per heavy atom. The quantitative estimate of drug-likeness (QED) is 0.170. The van der Waals surface area contributed by atoms with Gasteiger partial charge in [-0.15, -0.1) is 0 Å². The molecule has 0 amide bonds. The number of hydrogen-bond acceptors (Lipinski definition) is 1.